The fourth-order valence-corrected chi connectivity index (χ4v) is 4.44. The summed E-state index contributed by atoms with van der Waals surface area (Å²) >= 11 is 0. The summed E-state index contributed by atoms with van der Waals surface area (Å²) in [4.78, 5) is 11.4. The second-order valence-electron chi connectivity index (χ2n) is 6.65. The van der Waals surface area contributed by atoms with Gasteiger partial charge in [0.2, 0.25) is 0 Å². The molecule has 2 saturated carbocycles. The maximum Gasteiger partial charge on any atom is 0.338 e. The number of hydrogen-bond donors (Lipinski definition) is 3. The van der Waals surface area contributed by atoms with Crippen LogP contribution in [0, 0.1) is 11.3 Å². The van der Waals surface area contributed by atoms with Crippen molar-refractivity contribution in [2.45, 2.75) is 50.7 Å². The number of carbonyl (C=O) groups is 1. The number of allylic oxidation sites excluding steroid dienone is 1. The highest BCUT2D eigenvalue weighted by Crippen LogP contribution is 2.59. The summed E-state index contributed by atoms with van der Waals surface area (Å²) in [6, 6.07) is 0. The Bertz CT molecular complexity index is 471. The van der Waals surface area contributed by atoms with Crippen molar-refractivity contribution < 1.29 is 24.9 Å². The highest BCUT2D eigenvalue weighted by molar-refractivity contribution is 5.78. The first kappa shape index (κ1) is 14.0. The number of rotatable bonds is 2. The van der Waals surface area contributed by atoms with E-state index in [0.29, 0.717) is 19.4 Å². The molecule has 0 unspecified atom stereocenters. The van der Waals surface area contributed by atoms with E-state index in [-0.39, 0.29) is 24.4 Å². The maximum absolute atomic E-state index is 11.4. The molecular weight excluding hydrogens is 260 g/mol. The first-order chi connectivity index (χ1) is 9.43. The number of aliphatic carboxylic acids is 1. The number of ether oxygens (including phenoxy) is 1. The molecule has 112 valence electrons. The van der Waals surface area contributed by atoms with Gasteiger partial charge in [-0.15, -0.1) is 0 Å². The van der Waals surface area contributed by atoms with Crippen LogP contribution in [0.25, 0.3) is 0 Å². The summed E-state index contributed by atoms with van der Waals surface area (Å²) in [7, 11) is 0. The fraction of sp³-hybridized carbons (Fsp3) is 0.800. The van der Waals surface area contributed by atoms with Crippen LogP contribution < -0.4 is 0 Å². The molecule has 0 aromatic rings. The van der Waals surface area contributed by atoms with E-state index in [9.17, 15) is 20.1 Å². The van der Waals surface area contributed by atoms with Crippen LogP contribution in [0.4, 0.5) is 0 Å². The number of carboxylic acids is 1. The van der Waals surface area contributed by atoms with Gasteiger partial charge in [-0.25, -0.2) is 4.79 Å². The third kappa shape index (κ3) is 1.76. The van der Waals surface area contributed by atoms with Gasteiger partial charge in [0.05, 0.1) is 19.3 Å². The Balaban J connectivity index is 1.98. The van der Waals surface area contributed by atoms with E-state index in [0.717, 1.165) is 18.4 Å². The van der Waals surface area contributed by atoms with Crippen molar-refractivity contribution >= 4 is 5.97 Å². The topological polar surface area (TPSA) is 87.0 Å². The predicted octanol–water partition coefficient (Wildman–Crippen LogP) is 1.09. The van der Waals surface area contributed by atoms with E-state index >= 15 is 0 Å². The van der Waals surface area contributed by atoms with E-state index in [2.05, 4.69) is 0 Å². The molecule has 20 heavy (non-hydrogen) atoms. The Kier molecular flexibility index (Phi) is 3.19. The standard InChI is InChI=1S/C15H22O5/c1-9(7-16)10-2-4-14-6-12(20-8-14)15(19,13(17)18)5-3-11(10)14/h11-12,16,19H,2-8H2,1H3,(H,17,18)/b10-9+/t11-,12+,14-,15+/m0/s1. The lowest BCUT2D eigenvalue weighted by atomic mass is 9.74. The minimum atomic E-state index is -1.76. The molecular formula is C15H22O5. The summed E-state index contributed by atoms with van der Waals surface area (Å²) in [5.74, 6) is -0.933. The molecule has 1 heterocycles. The Morgan fingerprint density at radius 1 is 1.45 bits per heavy atom. The van der Waals surface area contributed by atoms with Crippen LogP contribution in [0.5, 0.6) is 0 Å². The summed E-state index contributed by atoms with van der Waals surface area (Å²) < 4.78 is 5.68. The molecule has 4 atom stereocenters. The third-order valence-electron chi connectivity index (χ3n) is 5.72. The zero-order chi connectivity index (χ0) is 14.5. The van der Waals surface area contributed by atoms with Crippen LogP contribution in [-0.4, -0.2) is 46.2 Å². The molecule has 0 aromatic carbocycles. The Morgan fingerprint density at radius 3 is 2.85 bits per heavy atom. The number of aliphatic hydroxyl groups is 2. The van der Waals surface area contributed by atoms with E-state index in [1.807, 2.05) is 6.92 Å². The minimum absolute atomic E-state index is 0.0314. The molecule has 3 aliphatic rings. The second kappa shape index (κ2) is 4.55. The van der Waals surface area contributed by atoms with Gasteiger partial charge in [-0.2, -0.15) is 0 Å². The predicted molar refractivity (Wildman–Crippen MR) is 71.1 cm³/mol. The normalized spacial score (nSPS) is 46.0. The number of fused-ring (bicyclic) bond motifs is 1. The van der Waals surface area contributed by atoms with Gasteiger partial charge in [0.15, 0.2) is 5.60 Å². The Labute approximate surface area is 118 Å². The molecule has 1 aliphatic heterocycles. The molecule has 3 rings (SSSR count). The number of hydrogen-bond acceptors (Lipinski definition) is 4. The summed E-state index contributed by atoms with van der Waals surface area (Å²) in [5, 5.41) is 29.2. The summed E-state index contributed by atoms with van der Waals surface area (Å²) in [6.07, 6.45) is 2.83. The van der Waals surface area contributed by atoms with Gasteiger partial charge in [-0.1, -0.05) is 5.57 Å². The zero-order valence-electron chi connectivity index (χ0n) is 11.8. The van der Waals surface area contributed by atoms with Gasteiger partial charge in [0, 0.05) is 5.41 Å². The van der Waals surface area contributed by atoms with Gasteiger partial charge in [0.1, 0.15) is 0 Å². The van der Waals surface area contributed by atoms with E-state index < -0.39 is 17.7 Å². The monoisotopic (exact) mass is 282 g/mol. The van der Waals surface area contributed by atoms with Crippen molar-refractivity contribution in [1.82, 2.24) is 0 Å². The molecule has 0 aromatic heterocycles. The van der Waals surface area contributed by atoms with Crippen LogP contribution in [0.3, 0.4) is 0 Å². The minimum Gasteiger partial charge on any atom is -0.479 e. The third-order valence-corrected chi connectivity index (χ3v) is 5.72. The average molecular weight is 282 g/mol. The van der Waals surface area contributed by atoms with Gasteiger partial charge in [0.25, 0.3) is 0 Å². The van der Waals surface area contributed by atoms with Crippen molar-refractivity contribution in [2.75, 3.05) is 13.2 Å². The molecule has 0 radical (unpaired) electrons. The first-order valence-corrected chi connectivity index (χ1v) is 7.30. The Morgan fingerprint density at radius 2 is 2.20 bits per heavy atom. The van der Waals surface area contributed by atoms with Crippen LogP contribution in [0.2, 0.25) is 0 Å². The van der Waals surface area contributed by atoms with E-state index in [1.54, 1.807) is 0 Å². The molecule has 2 bridgehead atoms. The number of aliphatic hydroxyl groups excluding tert-OH is 1. The van der Waals surface area contributed by atoms with Crippen LogP contribution in [0.1, 0.15) is 39.0 Å². The van der Waals surface area contributed by atoms with E-state index in [4.69, 9.17) is 4.74 Å². The van der Waals surface area contributed by atoms with Crippen LogP contribution in [-0.2, 0) is 9.53 Å². The highest BCUT2D eigenvalue weighted by atomic mass is 16.5. The maximum atomic E-state index is 11.4. The second-order valence-corrected chi connectivity index (χ2v) is 6.65. The SMILES string of the molecule is C/C(CO)=C1/CC[C@@]23CO[C@H](C2)[C@@](O)(C(=O)O)CC[C@@H]13. The fourth-order valence-electron chi connectivity index (χ4n) is 4.44. The number of carboxylic acid groups (broad SMARTS) is 1. The van der Waals surface area contributed by atoms with Crippen molar-refractivity contribution in [3.8, 4) is 0 Å². The molecule has 1 saturated heterocycles. The average Bonchev–Trinajstić information content (AvgIpc) is 2.97. The molecule has 5 nitrogen and oxygen atoms in total. The lowest BCUT2D eigenvalue weighted by molar-refractivity contribution is -0.174. The van der Waals surface area contributed by atoms with Gasteiger partial charge >= 0.3 is 5.97 Å². The Hall–Kier alpha value is -0.910. The summed E-state index contributed by atoms with van der Waals surface area (Å²) in [5.41, 5.74) is 0.463. The molecule has 5 heteroatoms. The van der Waals surface area contributed by atoms with Crippen molar-refractivity contribution in [3.63, 3.8) is 0 Å². The van der Waals surface area contributed by atoms with Gasteiger partial charge < -0.3 is 20.1 Å². The van der Waals surface area contributed by atoms with E-state index in [1.165, 1.54) is 5.57 Å². The largest absolute Gasteiger partial charge is 0.479 e. The quantitative estimate of drug-likeness (QED) is 0.660. The molecule has 0 amide bonds. The van der Waals surface area contributed by atoms with Crippen molar-refractivity contribution in [1.29, 1.82) is 0 Å². The lowest BCUT2D eigenvalue weighted by Crippen LogP contribution is -2.49. The lowest BCUT2D eigenvalue weighted by Gasteiger charge is -2.31. The van der Waals surface area contributed by atoms with Gasteiger partial charge in [-0.05, 0) is 50.5 Å². The molecule has 1 spiro atoms. The smallest absolute Gasteiger partial charge is 0.338 e. The molecule has 2 aliphatic carbocycles. The van der Waals surface area contributed by atoms with Crippen LogP contribution >= 0.6 is 0 Å². The molecule has 3 fully saturated rings. The first-order valence-electron chi connectivity index (χ1n) is 7.30. The zero-order valence-corrected chi connectivity index (χ0v) is 11.8. The van der Waals surface area contributed by atoms with Crippen LogP contribution in [0.15, 0.2) is 11.1 Å². The van der Waals surface area contributed by atoms with Crippen molar-refractivity contribution in [3.05, 3.63) is 11.1 Å². The van der Waals surface area contributed by atoms with Gasteiger partial charge in [-0.3, -0.25) is 0 Å². The van der Waals surface area contributed by atoms with Crippen molar-refractivity contribution in [2.24, 2.45) is 11.3 Å². The highest BCUT2D eigenvalue weighted by Gasteiger charge is 2.60. The molecule has 3 N–H and O–H groups in total. The summed E-state index contributed by atoms with van der Waals surface area (Å²) in [6.45, 7) is 2.52.